The molecule has 0 atom stereocenters. The smallest absolute Gasteiger partial charge is 0.254 e. The van der Waals surface area contributed by atoms with Crippen molar-refractivity contribution < 1.29 is 9.18 Å². The van der Waals surface area contributed by atoms with E-state index in [-0.39, 0.29) is 11.7 Å². The number of hydrogen-bond donors (Lipinski definition) is 0. The average molecular weight is 410 g/mol. The van der Waals surface area contributed by atoms with Crippen molar-refractivity contribution in [1.82, 2.24) is 14.9 Å². The van der Waals surface area contributed by atoms with Crippen LogP contribution in [0.5, 0.6) is 0 Å². The fourth-order valence-electron chi connectivity index (χ4n) is 4.76. The number of benzene rings is 1. The van der Waals surface area contributed by atoms with Crippen molar-refractivity contribution in [2.75, 3.05) is 42.5 Å². The summed E-state index contributed by atoms with van der Waals surface area (Å²) in [5.41, 5.74) is 2.69. The molecule has 6 nitrogen and oxygen atoms in total. The third kappa shape index (κ3) is 3.73. The van der Waals surface area contributed by atoms with Gasteiger partial charge >= 0.3 is 0 Å². The Labute approximate surface area is 176 Å². The van der Waals surface area contributed by atoms with Crippen LogP contribution in [0, 0.1) is 5.82 Å². The lowest BCUT2D eigenvalue weighted by atomic mass is 10.0. The molecule has 30 heavy (non-hydrogen) atoms. The maximum absolute atomic E-state index is 13.3. The van der Waals surface area contributed by atoms with Gasteiger partial charge in [0.05, 0.1) is 12.2 Å². The second-order valence-electron chi connectivity index (χ2n) is 8.50. The number of anilines is 2. The second kappa shape index (κ2) is 8.20. The van der Waals surface area contributed by atoms with Gasteiger partial charge in [-0.15, -0.1) is 0 Å². The van der Waals surface area contributed by atoms with Gasteiger partial charge < -0.3 is 14.7 Å². The molecule has 2 fully saturated rings. The van der Waals surface area contributed by atoms with Crippen molar-refractivity contribution in [3.63, 3.8) is 0 Å². The van der Waals surface area contributed by atoms with Crippen molar-refractivity contribution in [2.24, 2.45) is 0 Å². The summed E-state index contributed by atoms with van der Waals surface area (Å²) in [6, 6.07) is 5.81. The van der Waals surface area contributed by atoms with Gasteiger partial charge in [-0.1, -0.05) is 0 Å². The number of fused-ring (bicyclic) bond motifs is 1. The third-order valence-electron chi connectivity index (χ3n) is 6.45. The average Bonchev–Trinajstić information content (AvgIpc) is 3.34. The van der Waals surface area contributed by atoms with Gasteiger partial charge in [0.25, 0.3) is 5.91 Å². The van der Waals surface area contributed by atoms with Gasteiger partial charge in [-0.3, -0.25) is 4.79 Å². The molecule has 1 amide bonds. The van der Waals surface area contributed by atoms with E-state index in [0.29, 0.717) is 18.7 Å². The maximum Gasteiger partial charge on any atom is 0.254 e. The SMILES string of the molecule is O=C(c1ccc(F)cc1)N1CCc2nc(N3CCCC3)nc(N3CCCCC3)c2C1. The summed E-state index contributed by atoms with van der Waals surface area (Å²) in [5, 5.41) is 0. The molecule has 1 aromatic heterocycles. The summed E-state index contributed by atoms with van der Waals surface area (Å²) < 4.78 is 13.3. The lowest BCUT2D eigenvalue weighted by molar-refractivity contribution is 0.0733. The summed E-state index contributed by atoms with van der Waals surface area (Å²) >= 11 is 0. The van der Waals surface area contributed by atoms with Crippen LogP contribution in [0.2, 0.25) is 0 Å². The van der Waals surface area contributed by atoms with Gasteiger partial charge in [0, 0.05) is 50.3 Å². The molecule has 0 radical (unpaired) electrons. The minimum Gasteiger partial charge on any atom is -0.356 e. The highest BCUT2D eigenvalue weighted by atomic mass is 19.1. The zero-order valence-corrected chi connectivity index (χ0v) is 17.3. The zero-order chi connectivity index (χ0) is 20.5. The van der Waals surface area contributed by atoms with Crippen LogP contribution >= 0.6 is 0 Å². The molecule has 0 unspecified atom stereocenters. The Morgan fingerprint density at radius 3 is 2.23 bits per heavy atom. The fourth-order valence-corrected chi connectivity index (χ4v) is 4.76. The normalized spacial score (nSPS) is 19.2. The van der Waals surface area contributed by atoms with E-state index in [4.69, 9.17) is 9.97 Å². The van der Waals surface area contributed by atoms with E-state index < -0.39 is 0 Å². The van der Waals surface area contributed by atoms with Crippen molar-refractivity contribution in [2.45, 2.75) is 45.1 Å². The van der Waals surface area contributed by atoms with E-state index in [1.807, 2.05) is 4.90 Å². The molecule has 3 aliphatic heterocycles. The van der Waals surface area contributed by atoms with Gasteiger partial charge in [-0.05, 0) is 56.4 Å². The summed E-state index contributed by atoms with van der Waals surface area (Å²) in [6.45, 7) is 5.20. The minimum absolute atomic E-state index is 0.0612. The second-order valence-corrected chi connectivity index (χ2v) is 8.50. The van der Waals surface area contributed by atoms with E-state index in [2.05, 4.69) is 9.80 Å². The van der Waals surface area contributed by atoms with Crippen LogP contribution in [0.3, 0.4) is 0 Å². The summed E-state index contributed by atoms with van der Waals surface area (Å²) in [6.07, 6.45) is 6.73. The van der Waals surface area contributed by atoms with Crippen LogP contribution < -0.4 is 9.80 Å². The lowest BCUT2D eigenvalue weighted by Crippen LogP contribution is -2.39. The maximum atomic E-state index is 13.3. The van der Waals surface area contributed by atoms with E-state index in [0.717, 1.165) is 55.6 Å². The van der Waals surface area contributed by atoms with Gasteiger partial charge in [-0.25, -0.2) is 9.37 Å². The van der Waals surface area contributed by atoms with Gasteiger partial charge in [-0.2, -0.15) is 4.98 Å². The quantitative estimate of drug-likeness (QED) is 0.778. The predicted octanol–water partition coefficient (Wildman–Crippen LogP) is 3.40. The molecule has 0 saturated carbocycles. The molecule has 2 aromatic rings. The molecule has 0 aliphatic carbocycles. The Morgan fingerprint density at radius 2 is 1.50 bits per heavy atom. The number of carbonyl (C=O) groups excluding carboxylic acids is 1. The molecule has 7 heteroatoms. The number of carbonyl (C=O) groups is 1. The first-order valence-corrected chi connectivity index (χ1v) is 11.1. The number of amides is 1. The zero-order valence-electron chi connectivity index (χ0n) is 17.3. The molecule has 158 valence electrons. The van der Waals surface area contributed by atoms with Crippen LogP contribution in [-0.2, 0) is 13.0 Å². The van der Waals surface area contributed by atoms with Crippen molar-refractivity contribution >= 4 is 17.7 Å². The Hall–Kier alpha value is -2.70. The summed E-state index contributed by atoms with van der Waals surface area (Å²) in [4.78, 5) is 29.5. The van der Waals surface area contributed by atoms with Gasteiger partial charge in [0.1, 0.15) is 11.6 Å². The molecule has 2 saturated heterocycles. The monoisotopic (exact) mass is 409 g/mol. The van der Waals surface area contributed by atoms with E-state index in [1.54, 1.807) is 12.1 Å². The Bertz CT molecular complexity index is 920. The number of halogens is 1. The first kappa shape index (κ1) is 19.3. The van der Waals surface area contributed by atoms with Gasteiger partial charge in [0.2, 0.25) is 5.95 Å². The summed E-state index contributed by atoms with van der Waals surface area (Å²) in [7, 11) is 0. The van der Waals surface area contributed by atoms with Crippen LogP contribution in [0.1, 0.15) is 53.7 Å². The molecule has 0 spiro atoms. The van der Waals surface area contributed by atoms with Crippen molar-refractivity contribution in [3.05, 3.63) is 46.9 Å². The van der Waals surface area contributed by atoms with Crippen LogP contribution in [-0.4, -0.2) is 53.5 Å². The first-order chi connectivity index (χ1) is 14.7. The van der Waals surface area contributed by atoms with E-state index >= 15 is 0 Å². The number of aromatic nitrogens is 2. The highest BCUT2D eigenvalue weighted by Gasteiger charge is 2.30. The standard InChI is InChI=1S/C23H28FN5O/c24-18-8-6-17(7-9-18)22(30)29-15-10-20-19(16-29)21(27-11-2-1-3-12-27)26-23(25-20)28-13-4-5-14-28/h6-9H,1-5,10-16H2. The highest BCUT2D eigenvalue weighted by molar-refractivity contribution is 5.94. The fraction of sp³-hybridized carbons (Fsp3) is 0.522. The van der Waals surface area contributed by atoms with Crippen LogP contribution in [0.4, 0.5) is 16.2 Å². The highest BCUT2D eigenvalue weighted by Crippen LogP contribution is 2.32. The summed E-state index contributed by atoms with van der Waals surface area (Å²) in [5.74, 6) is 1.47. The number of hydrogen-bond acceptors (Lipinski definition) is 5. The number of nitrogens with zero attached hydrogens (tertiary/aromatic N) is 5. The van der Waals surface area contributed by atoms with Crippen LogP contribution in [0.25, 0.3) is 0 Å². The van der Waals surface area contributed by atoms with Crippen LogP contribution in [0.15, 0.2) is 24.3 Å². The Balaban J connectivity index is 1.47. The van der Waals surface area contributed by atoms with Crippen molar-refractivity contribution in [3.8, 4) is 0 Å². The molecule has 4 heterocycles. The van der Waals surface area contributed by atoms with E-state index in [1.165, 1.54) is 44.2 Å². The molecule has 1 aromatic carbocycles. The molecule has 0 N–H and O–H groups in total. The van der Waals surface area contributed by atoms with Crippen molar-refractivity contribution in [1.29, 1.82) is 0 Å². The third-order valence-corrected chi connectivity index (χ3v) is 6.45. The molecular weight excluding hydrogens is 381 g/mol. The predicted molar refractivity (Wildman–Crippen MR) is 114 cm³/mol. The van der Waals surface area contributed by atoms with Gasteiger partial charge in [0.15, 0.2) is 0 Å². The minimum atomic E-state index is -0.328. The Morgan fingerprint density at radius 1 is 0.833 bits per heavy atom. The number of piperidine rings is 1. The lowest BCUT2D eigenvalue weighted by Gasteiger charge is -2.35. The topological polar surface area (TPSA) is 52.6 Å². The Kier molecular flexibility index (Phi) is 5.27. The molecule has 3 aliphatic rings. The number of rotatable bonds is 3. The molecule has 0 bridgehead atoms. The largest absolute Gasteiger partial charge is 0.356 e. The van der Waals surface area contributed by atoms with E-state index in [9.17, 15) is 9.18 Å². The first-order valence-electron chi connectivity index (χ1n) is 11.1. The molecular formula is C23H28FN5O. The molecule has 5 rings (SSSR count).